The Morgan fingerprint density at radius 1 is 1.45 bits per heavy atom. The predicted octanol–water partition coefficient (Wildman–Crippen LogP) is 2.46. The van der Waals surface area contributed by atoms with Crippen LogP contribution in [-0.4, -0.2) is 14.1 Å². The highest BCUT2D eigenvalue weighted by atomic mass is 32.1. The Hall–Kier alpha value is -0.340. The van der Waals surface area contributed by atoms with Crippen molar-refractivity contribution in [1.82, 2.24) is 5.32 Å². The van der Waals surface area contributed by atoms with Gasteiger partial charge < -0.3 is 5.32 Å². The first-order chi connectivity index (χ1) is 5.38. The van der Waals surface area contributed by atoms with Crippen molar-refractivity contribution in [3.8, 4) is 0 Å². The number of rotatable bonds is 1. The fraction of sp³-hybridized carbons (Fsp3) is 0.556. The van der Waals surface area contributed by atoms with Crippen molar-refractivity contribution < 1.29 is 0 Å². The minimum atomic E-state index is 0.954. The quantitative estimate of drug-likeness (QED) is 0.681. The van der Waals surface area contributed by atoms with Crippen LogP contribution in [0.1, 0.15) is 23.6 Å². The topological polar surface area (TPSA) is 12.0 Å². The van der Waals surface area contributed by atoms with Crippen LogP contribution in [0.2, 0.25) is 0 Å². The van der Waals surface area contributed by atoms with Gasteiger partial charge in [-0.3, -0.25) is 0 Å². The van der Waals surface area contributed by atoms with E-state index in [1.54, 1.807) is 4.88 Å². The minimum Gasteiger partial charge on any atom is -0.323 e. The third-order valence-electron chi connectivity index (χ3n) is 1.52. The Morgan fingerprint density at radius 3 is 2.45 bits per heavy atom. The van der Waals surface area contributed by atoms with Crippen LogP contribution in [0.5, 0.6) is 0 Å². The molecule has 0 unspecified atom stereocenters. The molecule has 11 heavy (non-hydrogen) atoms. The second-order valence-corrected chi connectivity index (χ2v) is 3.77. The molecule has 62 valence electrons. The molecule has 0 saturated heterocycles. The highest BCUT2D eigenvalue weighted by molar-refractivity contribution is 7.10. The van der Waals surface area contributed by atoms with Gasteiger partial charge in [0.15, 0.2) is 0 Å². The number of hydrogen-bond donors (Lipinski definition) is 1. The maximum Gasteiger partial charge on any atom is 0.00761 e. The smallest absolute Gasteiger partial charge is 0.00761 e. The van der Waals surface area contributed by atoms with Gasteiger partial charge in [-0.2, -0.15) is 0 Å². The maximum absolute atomic E-state index is 2.75. The van der Waals surface area contributed by atoms with Crippen LogP contribution in [0.4, 0.5) is 0 Å². The van der Waals surface area contributed by atoms with Crippen molar-refractivity contribution in [3.05, 3.63) is 22.4 Å². The summed E-state index contributed by atoms with van der Waals surface area (Å²) in [5.74, 6) is 0.954. The molecule has 0 aliphatic heterocycles. The first-order valence-electron chi connectivity index (χ1n) is 4.00. The molecule has 0 bridgehead atoms. The van der Waals surface area contributed by atoms with Crippen LogP contribution in [0.25, 0.3) is 0 Å². The molecule has 1 aliphatic carbocycles. The fourth-order valence-corrected chi connectivity index (χ4v) is 1.79. The van der Waals surface area contributed by atoms with Crippen LogP contribution in [0, 0.1) is 0 Å². The van der Waals surface area contributed by atoms with E-state index in [4.69, 9.17) is 0 Å². The molecule has 2 rings (SSSR count). The van der Waals surface area contributed by atoms with E-state index in [1.807, 2.05) is 25.4 Å². The zero-order chi connectivity index (χ0) is 8.10. The van der Waals surface area contributed by atoms with Gasteiger partial charge in [0.2, 0.25) is 0 Å². The monoisotopic (exact) mass is 169 g/mol. The molecule has 0 spiro atoms. The van der Waals surface area contributed by atoms with E-state index >= 15 is 0 Å². The standard InChI is InChI=1S/C7H8S.C2H7N/c1-2-7(8-5-1)6-3-4-6;1-3-2/h1-2,5-6H,3-4H2;3H,1-2H3. The fourth-order valence-electron chi connectivity index (χ4n) is 0.891. The van der Waals surface area contributed by atoms with Gasteiger partial charge in [0.05, 0.1) is 0 Å². The normalized spacial score (nSPS) is 15.5. The van der Waals surface area contributed by atoms with Crippen LogP contribution in [0.15, 0.2) is 17.5 Å². The van der Waals surface area contributed by atoms with Crippen molar-refractivity contribution in [2.45, 2.75) is 18.8 Å². The summed E-state index contributed by atoms with van der Waals surface area (Å²) in [6.07, 6.45) is 2.86. The summed E-state index contributed by atoms with van der Waals surface area (Å²) in [7, 11) is 3.75. The molecule has 2 heteroatoms. The molecule has 0 amide bonds. The lowest BCUT2D eigenvalue weighted by Gasteiger charge is -1.82. The Labute approximate surface area is 72.4 Å². The van der Waals surface area contributed by atoms with E-state index in [0.717, 1.165) is 5.92 Å². The average Bonchev–Trinajstić information content (AvgIpc) is 2.69. The van der Waals surface area contributed by atoms with E-state index in [2.05, 4.69) is 22.8 Å². The number of thiophene rings is 1. The van der Waals surface area contributed by atoms with Gasteiger partial charge in [0.25, 0.3) is 0 Å². The first kappa shape index (κ1) is 8.75. The Balaban J connectivity index is 0.000000179. The van der Waals surface area contributed by atoms with Crippen LogP contribution >= 0.6 is 11.3 Å². The van der Waals surface area contributed by atoms with Crippen molar-refractivity contribution in [2.75, 3.05) is 14.1 Å². The van der Waals surface area contributed by atoms with Gasteiger partial charge >= 0.3 is 0 Å². The van der Waals surface area contributed by atoms with Gasteiger partial charge in [-0.25, -0.2) is 0 Å². The van der Waals surface area contributed by atoms with Gasteiger partial charge in [0.1, 0.15) is 0 Å². The lowest BCUT2D eigenvalue weighted by atomic mass is 10.3. The van der Waals surface area contributed by atoms with Crippen LogP contribution in [0.3, 0.4) is 0 Å². The second kappa shape index (κ2) is 4.52. The summed E-state index contributed by atoms with van der Waals surface area (Å²) in [4.78, 5) is 1.59. The Bertz CT molecular complexity index is 177. The Kier molecular flexibility index (Phi) is 3.60. The van der Waals surface area contributed by atoms with E-state index < -0.39 is 0 Å². The van der Waals surface area contributed by atoms with Gasteiger partial charge in [-0.15, -0.1) is 11.3 Å². The van der Waals surface area contributed by atoms with E-state index in [-0.39, 0.29) is 0 Å². The molecule has 0 radical (unpaired) electrons. The van der Waals surface area contributed by atoms with E-state index in [0.29, 0.717) is 0 Å². The van der Waals surface area contributed by atoms with Gasteiger partial charge in [-0.1, -0.05) is 6.07 Å². The minimum absolute atomic E-state index is 0.954. The molecule has 1 aromatic heterocycles. The lowest BCUT2D eigenvalue weighted by Crippen LogP contribution is -1.89. The summed E-state index contributed by atoms with van der Waals surface area (Å²) >= 11 is 1.89. The van der Waals surface area contributed by atoms with Crippen LogP contribution in [-0.2, 0) is 0 Å². The molecular weight excluding hydrogens is 154 g/mol. The Morgan fingerprint density at radius 2 is 2.09 bits per heavy atom. The molecule has 0 aromatic carbocycles. The highest BCUT2D eigenvalue weighted by Gasteiger charge is 2.23. The molecule has 1 aromatic rings. The molecule has 1 nitrogen and oxygen atoms in total. The van der Waals surface area contributed by atoms with Gasteiger partial charge in [-0.05, 0) is 44.3 Å². The zero-order valence-corrected chi connectivity index (χ0v) is 7.95. The van der Waals surface area contributed by atoms with Gasteiger partial charge in [0, 0.05) is 4.88 Å². The summed E-state index contributed by atoms with van der Waals surface area (Å²) in [5.41, 5.74) is 0. The van der Waals surface area contributed by atoms with Crippen LogP contribution < -0.4 is 5.32 Å². The maximum atomic E-state index is 2.75. The molecule has 1 saturated carbocycles. The number of hydrogen-bond acceptors (Lipinski definition) is 2. The van der Waals surface area contributed by atoms with E-state index in [1.165, 1.54) is 12.8 Å². The summed E-state index contributed by atoms with van der Waals surface area (Å²) in [5, 5.41) is 4.91. The van der Waals surface area contributed by atoms with E-state index in [9.17, 15) is 0 Å². The van der Waals surface area contributed by atoms with Crippen molar-refractivity contribution in [2.24, 2.45) is 0 Å². The predicted molar refractivity (Wildman–Crippen MR) is 51.3 cm³/mol. The van der Waals surface area contributed by atoms with Crippen molar-refractivity contribution in [3.63, 3.8) is 0 Å². The molecule has 1 fully saturated rings. The summed E-state index contributed by atoms with van der Waals surface area (Å²) in [6, 6.07) is 4.38. The molecule has 1 N–H and O–H groups in total. The molecular formula is C9H15NS. The largest absolute Gasteiger partial charge is 0.323 e. The average molecular weight is 169 g/mol. The van der Waals surface area contributed by atoms with Crippen molar-refractivity contribution in [1.29, 1.82) is 0 Å². The van der Waals surface area contributed by atoms with Crippen molar-refractivity contribution >= 4 is 11.3 Å². The second-order valence-electron chi connectivity index (χ2n) is 2.79. The summed E-state index contributed by atoms with van der Waals surface area (Å²) < 4.78 is 0. The lowest BCUT2D eigenvalue weighted by molar-refractivity contribution is 1.02. The first-order valence-corrected chi connectivity index (χ1v) is 4.88. The zero-order valence-electron chi connectivity index (χ0n) is 7.13. The third kappa shape index (κ3) is 3.04. The molecule has 1 heterocycles. The molecule has 1 aliphatic rings. The summed E-state index contributed by atoms with van der Waals surface area (Å²) in [6.45, 7) is 0. The number of nitrogens with one attached hydrogen (secondary N) is 1. The molecule has 0 atom stereocenters. The highest BCUT2D eigenvalue weighted by Crippen LogP contribution is 2.41. The SMILES string of the molecule is CNC.c1csc(C2CC2)c1. The third-order valence-corrected chi connectivity index (χ3v) is 2.56.